The zero-order chi connectivity index (χ0) is 24.9. The number of halogens is 6. The molecule has 0 radical (unpaired) electrons. The van der Waals surface area contributed by atoms with E-state index in [1.807, 2.05) is 0 Å². The normalized spacial score (nSPS) is 12.2. The molecule has 2 heterocycles. The van der Waals surface area contributed by atoms with Crippen LogP contribution < -0.4 is 10.6 Å². The molecular formula is C19H18F6N6O3. The molecule has 3 aromatic rings. The minimum atomic E-state index is -4.41. The fourth-order valence-corrected chi connectivity index (χ4v) is 2.78. The van der Waals surface area contributed by atoms with Gasteiger partial charge in [-0.25, -0.2) is 4.98 Å². The topological polar surface area (TPSA) is 126 Å². The molecule has 3 N–H and O–H groups in total. The minimum absolute atomic E-state index is 0.0194. The molecule has 3 rings (SSSR count). The van der Waals surface area contributed by atoms with Crippen LogP contribution in [0, 0.1) is 0 Å². The number of hydrogen-bond donors (Lipinski definition) is 3. The van der Waals surface area contributed by atoms with E-state index in [0.717, 1.165) is 0 Å². The van der Waals surface area contributed by atoms with Crippen molar-refractivity contribution >= 4 is 22.8 Å². The minimum Gasteiger partial charge on any atom is -0.417 e. The molecule has 0 saturated heterocycles. The first-order valence-corrected chi connectivity index (χ1v) is 9.86. The molecule has 2 amide bonds. The lowest BCUT2D eigenvalue weighted by Gasteiger charge is -2.07. The summed E-state index contributed by atoms with van der Waals surface area (Å²) >= 11 is 0. The number of carbonyl (C=O) groups excluding carboxylic acids is 2. The van der Waals surface area contributed by atoms with Gasteiger partial charge in [-0.05, 0) is 17.7 Å². The van der Waals surface area contributed by atoms with Crippen molar-refractivity contribution in [2.75, 3.05) is 0 Å². The standard InChI is InChI=1S/C19H18F6N6O3/c20-18(21,22)5-3-14(32)26-8-10-1-2-11-12(7-10)29-13(28-11)9-27-16(33)17-31-30-15(34-17)4-6-19(23,24)25/h1-2,7H,3-6,8-9H2,(H,26,32)(H,27,33)(H,28,29). The Morgan fingerprint density at radius 3 is 2.41 bits per heavy atom. The van der Waals surface area contributed by atoms with Gasteiger partial charge in [0.25, 0.3) is 0 Å². The molecule has 2 aromatic heterocycles. The van der Waals surface area contributed by atoms with Gasteiger partial charge >= 0.3 is 24.2 Å². The highest BCUT2D eigenvalue weighted by atomic mass is 19.4. The lowest BCUT2D eigenvalue weighted by atomic mass is 10.2. The Balaban J connectivity index is 1.51. The van der Waals surface area contributed by atoms with Crippen LogP contribution in [0.15, 0.2) is 22.6 Å². The number of nitrogens with one attached hydrogen (secondary N) is 3. The van der Waals surface area contributed by atoms with Crippen molar-refractivity contribution in [1.82, 2.24) is 30.8 Å². The monoisotopic (exact) mass is 492 g/mol. The molecule has 9 nitrogen and oxygen atoms in total. The first kappa shape index (κ1) is 25.0. The summed E-state index contributed by atoms with van der Waals surface area (Å²) in [5.74, 6) is -1.99. The Labute approximate surface area is 187 Å². The molecule has 1 aromatic carbocycles. The average Bonchev–Trinajstić information content (AvgIpc) is 3.38. The van der Waals surface area contributed by atoms with Crippen molar-refractivity contribution in [2.45, 2.75) is 51.1 Å². The van der Waals surface area contributed by atoms with E-state index in [1.54, 1.807) is 18.2 Å². The van der Waals surface area contributed by atoms with E-state index in [2.05, 4.69) is 30.8 Å². The van der Waals surface area contributed by atoms with Gasteiger partial charge in [0.1, 0.15) is 5.82 Å². The van der Waals surface area contributed by atoms with Crippen molar-refractivity contribution in [3.63, 3.8) is 0 Å². The highest BCUT2D eigenvalue weighted by Crippen LogP contribution is 2.22. The third-order valence-electron chi connectivity index (χ3n) is 4.42. The molecule has 0 aliphatic carbocycles. The maximum absolute atomic E-state index is 12.2. The number of nitrogens with zero attached hydrogens (tertiary/aromatic N) is 3. The molecule has 0 unspecified atom stereocenters. The van der Waals surface area contributed by atoms with Gasteiger partial charge in [0.2, 0.25) is 11.8 Å². The molecule has 0 saturated carbocycles. The summed E-state index contributed by atoms with van der Waals surface area (Å²) in [4.78, 5) is 30.8. The Morgan fingerprint density at radius 1 is 0.971 bits per heavy atom. The SMILES string of the molecule is O=C(CCC(F)(F)F)NCc1ccc2nc(CNC(=O)c3nnc(CCC(F)(F)F)o3)[nH]c2c1. The van der Waals surface area contributed by atoms with E-state index < -0.39 is 55.7 Å². The number of alkyl halides is 6. The number of rotatable bonds is 9. The Kier molecular flexibility index (Phi) is 7.41. The first-order chi connectivity index (χ1) is 15.9. The summed E-state index contributed by atoms with van der Waals surface area (Å²) in [6.45, 7) is -0.0666. The lowest BCUT2D eigenvalue weighted by Crippen LogP contribution is -2.24. The fraction of sp³-hybridized carbons (Fsp3) is 0.421. The van der Waals surface area contributed by atoms with E-state index in [4.69, 9.17) is 4.42 Å². The molecule has 0 atom stereocenters. The molecule has 0 bridgehead atoms. The second kappa shape index (κ2) is 10.1. The van der Waals surface area contributed by atoms with Gasteiger partial charge in [0, 0.05) is 19.4 Å². The second-order valence-corrected chi connectivity index (χ2v) is 7.23. The Morgan fingerprint density at radius 2 is 1.71 bits per heavy atom. The van der Waals surface area contributed by atoms with Crippen molar-refractivity contribution < 1.29 is 40.3 Å². The van der Waals surface area contributed by atoms with Gasteiger partial charge in [0.15, 0.2) is 0 Å². The van der Waals surface area contributed by atoms with Crippen LogP contribution in [0.2, 0.25) is 0 Å². The molecule has 0 fully saturated rings. The summed E-state index contributed by atoms with van der Waals surface area (Å²) in [6.07, 6.45) is -12.4. The smallest absolute Gasteiger partial charge is 0.389 e. The van der Waals surface area contributed by atoms with Crippen LogP contribution in [-0.4, -0.2) is 44.3 Å². The largest absolute Gasteiger partial charge is 0.417 e. The molecule has 34 heavy (non-hydrogen) atoms. The summed E-state index contributed by atoms with van der Waals surface area (Å²) in [5, 5.41) is 11.7. The van der Waals surface area contributed by atoms with Gasteiger partial charge < -0.3 is 20.0 Å². The quantitative estimate of drug-likeness (QED) is 0.394. The number of benzene rings is 1. The first-order valence-electron chi connectivity index (χ1n) is 9.86. The van der Waals surface area contributed by atoms with Crippen LogP contribution >= 0.6 is 0 Å². The molecule has 184 valence electrons. The predicted molar refractivity (Wildman–Crippen MR) is 103 cm³/mol. The number of aromatic amines is 1. The highest BCUT2D eigenvalue weighted by Gasteiger charge is 2.29. The predicted octanol–water partition coefficient (Wildman–Crippen LogP) is 3.33. The number of aromatic nitrogens is 4. The number of hydrogen-bond acceptors (Lipinski definition) is 6. The van der Waals surface area contributed by atoms with Crippen molar-refractivity contribution in [2.24, 2.45) is 0 Å². The van der Waals surface area contributed by atoms with Crippen molar-refractivity contribution in [1.29, 1.82) is 0 Å². The van der Waals surface area contributed by atoms with Crippen LogP contribution in [0.5, 0.6) is 0 Å². The summed E-state index contributed by atoms with van der Waals surface area (Å²) in [7, 11) is 0. The van der Waals surface area contributed by atoms with Crippen LogP contribution in [0.1, 0.15) is 47.2 Å². The van der Waals surface area contributed by atoms with Crippen LogP contribution in [-0.2, 0) is 24.3 Å². The highest BCUT2D eigenvalue weighted by molar-refractivity contribution is 5.89. The number of H-pyrrole nitrogens is 1. The Bertz CT molecular complexity index is 1150. The second-order valence-electron chi connectivity index (χ2n) is 7.23. The zero-order valence-electron chi connectivity index (χ0n) is 17.3. The van der Waals surface area contributed by atoms with Crippen molar-refractivity contribution in [3.05, 3.63) is 41.4 Å². The molecule has 0 spiro atoms. The zero-order valence-corrected chi connectivity index (χ0v) is 17.3. The third kappa shape index (κ3) is 7.74. The summed E-state index contributed by atoms with van der Waals surface area (Å²) < 4.78 is 78.2. The average molecular weight is 492 g/mol. The van der Waals surface area contributed by atoms with E-state index in [1.165, 1.54) is 0 Å². The Hall–Kier alpha value is -3.65. The molecular weight excluding hydrogens is 474 g/mol. The lowest BCUT2D eigenvalue weighted by molar-refractivity contribution is -0.144. The fourth-order valence-electron chi connectivity index (χ4n) is 2.78. The third-order valence-corrected chi connectivity index (χ3v) is 4.42. The van der Waals surface area contributed by atoms with Crippen LogP contribution in [0.3, 0.4) is 0 Å². The summed E-state index contributed by atoms with van der Waals surface area (Å²) in [6, 6.07) is 4.90. The van der Waals surface area contributed by atoms with Gasteiger partial charge in [-0.2, -0.15) is 26.3 Å². The maximum atomic E-state index is 12.2. The number of amides is 2. The van der Waals surface area contributed by atoms with E-state index in [0.29, 0.717) is 22.4 Å². The van der Waals surface area contributed by atoms with Gasteiger partial charge in [-0.15, -0.1) is 10.2 Å². The number of fused-ring (bicyclic) bond motifs is 1. The van der Waals surface area contributed by atoms with Gasteiger partial charge in [-0.1, -0.05) is 6.07 Å². The van der Waals surface area contributed by atoms with Crippen molar-refractivity contribution in [3.8, 4) is 0 Å². The maximum Gasteiger partial charge on any atom is 0.389 e. The van der Waals surface area contributed by atoms with E-state index in [9.17, 15) is 35.9 Å². The van der Waals surface area contributed by atoms with E-state index >= 15 is 0 Å². The van der Waals surface area contributed by atoms with Crippen LogP contribution in [0.4, 0.5) is 26.3 Å². The number of carbonyl (C=O) groups is 2. The molecule has 0 aliphatic heterocycles. The van der Waals surface area contributed by atoms with Crippen LogP contribution in [0.25, 0.3) is 11.0 Å². The summed E-state index contributed by atoms with van der Waals surface area (Å²) in [5.41, 5.74) is 1.70. The van der Waals surface area contributed by atoms with Gasteiger partial charge in [0.05, 0.1) is 30.4 Å². The molecule has 0 aliphatic rings. The van der Waals surface area contributed by atoms with Gasteiger partial charge in [-0.3, -0.25) is 9.59 Å². The number of imidazole rings is 1. The molecule has 15 heteroatoms. The van der Waals surface area contributed by atoms with E-state index in [-0.39, 0.29) is 19.0 Å². The number of aryl methyl sites for hydroxylation is 1.